The van der Waals surface area contributed by atoms with Gasteiger partial charge in [0.2, 0.25) is 0 Å². The fraction of sp³-hybridized carbons (Fsp3) is 0.400. The van der Waals surface area contributed by atoms with Gasteiger partial charge < -0.3 is 25.1 Å². The first-order valence-electron chi connectivity index (χ1n) is 13.4. The fourth-order valence-electron chi connectivity index (χ4n) is 4.83. The molecular formula is C30H40I4N4O4. The average molecular weight is 1030 g/mol. The van der Waals surface area contributed by atoms with Gasteiger partial charge in [0.25, 0.3) is 0 Å². The number of nitrogens with one attached hydrogen (secondary N) is 2. The first-order chi connectivity index (χ1) is 20.3. The Morgan fingerprint density at radius 2 is 1.81 bits per heavy atom. The van der Waals surface area contributed by atoms with E-state index in [1.165, 1.54) is 0 Å². The standard InChI is InChI=1S/C30H40I4N4O4/c1-30(40,20-39)23-7-6-14-37(17-23)16-22-9-8-21(15-27(22)42-29(33-4)34-5)26-18-38(36-35-26)24-10-12-25(13-11-24)41-19-28(31-2)32-3/h8-13,15,18,23,28-29,35-36,39-40H,2-7,14,16-17,19-20H2,1H3/t23-,30+/m0/s1. The third-order valence-electron chi connectivity index (χ3n) is 7.33. The van der Waals surface area contributed by atoms with Crippen molar-refractivity contribution < 1.29 is 19.7 Å². The van der Waals surface area contributed by atoms with Gasteiger partial charge >= 0.3 is 0 Å². The molecule has 0 aliphatic carbocycles. The van der Waals surface area contributed by atoms with Gasteiger partial charge in [0.1, 0.15) is 18.1 Å². The number of anilines is 1. The predicted octanol–water partition coefficient (Wildman–Crippen LogP) is 5.45. The van der Waals surface area contributed by atoms with E-state index in [-0.39, 0.29) is 97.6 Å². The Morgan fingerprint density at radius 1 is 1.07 bits per heavy atom. The molecular weight excluding hydrogens is 988 g/mol. The van der Waals surface area contributed by atoms with E-state index >= 15 is 0 Å². The molecule has 0 bridgehead atoms. The Balaban J connectivity index is 1.50. The molecule has 2 aromatic carbocycles. The molecule has 0 amide bonds. The number of rotatable bonds is 15. The Kier molecular flexibility index (Phi) is 13.8. The van der Waals surface area contributed by atoms with Crippen molar-refractivity contribution in [2.45, 2.75) is 36.0 Å². The van der Waals surface area contributed by atoms with Crippen molar-refractivity contribution in [1.29, 1.82) is 0 Å². The molecule has 2 atom stereocenters. The lowest BCUT2D eigenvalue weighted by atomic mass is 9.83. The van der Waals surface area contributed by atoms with E-state index in [0.29, 0.717) is 1.93 Å². The van der Waals surface area contributed by atoms with Crippen LogP contribution in [0.4, 0.5) is 5.69 Å². The van der Waals surface area contributed by atoms with Crippen LogP contribution in [0.5, 0.6) is 11.5 Å². The number of likely N-dealkylation sites (tertiary alicyclic amines) is 1. The molecule has 0 saturated carbocycles. The van der Waals surface area contributed by atoms with Gasteiger partial charge in [-0.05, 0) is 56.6 Å². The molecule has 0 spiro atoms. The quantitative estimate of drug-likeness (QED) is 0.139. The van der Waals surface area contributed by atoms with Gasteiger partial charge in [-0.3, -0.25) is 9.91 Å². The molecule has 0 unspecified atom stereocenters. The molecule has 2 aromatic rings. The Morgan fingerprint density at radius 3 is 2.48 bits per heavy atom. The number of piperidine rings is 1. The predicted molar refractivity (Wildman–Crippen MR) is 214 cm³/mol. The van der Waals surface area contributed by atoms with Crippen molar-refractivity contribution in [2.24, 2.45) is 5.92 Å². The van der Waals surface area contributed by atoms with E-state index in [2.05, 4.69) is 52.1 Å². The van der Waals surface area contributed by atoms with Gasteiger partial charge in [0.15, 0.2) is 2.12 Å². The van der Waals surface area contributed by atoms with Crippen molar-refractivity contribution in [1.82, 2.24) is 15.9 Å². The number of hydrogen-bond donors (Lipinski definition) is 4. The summed E-state index contributed by atoms with van der Waals surface area (Å²) in [5, 5.41) is 22.3. The maximum absolute atomic E-state index is 10.7. The first kappa shape index (κ1) is 34.5. The normalized spacial score (nSPS) is 19.0. The highest BCUT2D eigenvalue weighted by Crippen LogP contribution is 2.34. The molecule has 4 rings (SSSR count). The summed E-state index contributed by atoms with van der Waals surface area (Å²) >= 11 is -0.835. The second-order valence-electron chi connectivity index (χ2n) is 10.3. The first-order valence-corrected chi connectivity index (χ1v) is 24.5. The zero-order valence-electron chi connectivity index (χ0n) is 23.7. The zero-order valence-corrected chi connectivity index (χ0v) is 32.4. The van der Waals surface area contributed by atoms with Gasteiger partial charge in [-0.25, -0.2) is 0 Å². The number of alkyl halides is 4. The van der Waals surface area contributed by atoms with Crippen LogP contribution < -0.4 is 25.4 Å². The number of benzene rings is 2. The van der Waals surface area contributed by atoms with E-state index in [1.807, 2.05) is 35.5 Å². The van der Waals surface area contributed by atoms with Crippen LogP contribution in [-0.4, -0.2) is 69.1 Å². The summed E-state index contributed by atoms with van der Waals surface area (Å²) in [5.74, 6) is 1.77. The Labute approximate surface area is 289 Å². The molecule has 12 heteroatoms. The number of nitrogens with zero attached hydrogens (tertiary/aromatic N) is 2. The van der Waals surface area contributed by atoms with Crippen molar-refractivity contribution in [3.05, 3.63) is 59.8 Å². The number of ether oxygens (including phenoxy) is 2. The second-order valence-corrected chi connectivity index (χ2v) is 23.8. The van der Waals surface area contributed by atoms with Gasteiger partial charge in [0, 0.05) is 36.3 Å². The maximum Gasteiger partial charge on any atom is 0.188 e. The molecule has 1 saturated heterocycles. The third kappa shape index (κ3) is 9.32. The minimum Gasteiger partial charge on any atom is -0.492 e. The molecule has 232 valence electrons. The lowest BCUT2D eigenvalue weighted by Crippen LogP contribution is -2.47. The molecule has 1 fully saturated rings. The fourth-order valence-corrected chi connectivity index (χ4v) is 10.2. The monoisotopic (exact) mass is 1030 g/mol. The summed E-state index contributed by atoms with van der Waals surface area (Å²) < 4.78 is 29.8. The summed E-state index contributed by atoms with van der Waals surface area (Å²) in [7, 11) is 0. The topological polar surface area (TPSA) is 89.5 Å². The van der Waals surface area contributed by atoms with Crippen LogP contribution in [0.2, 0.25) is 0 Å². The second kappa shape index (κ2) is 16.8. The smallest absolute Gasteiger partial charge is 0.188 e. The summed E-state index contributed by atoms with van der Waals surface area (Å²) in [5.41, 5.74) is 9.54. The number of hydrazine groups is 2. The third-order valence-corrected chi connectivity index (χ3v) is 20.8. The van der Waals surface area contributed by atoms with Crippen LogP contribution in [0, 0.1) is 5.92 Å². The number of aliphatic hydroxyl groups is 2. The number of halogens is 4. The highest BCUT2D eigenvalue weighted by atomic mass is 127. The SMILES string of the molecule is C=IC(COc1ccc(N2C=C(c3ccc(CN4CCC[C@H]([C@](C)(O)CO)C4)c(OC(I=C)I=C)c3)NN2)cc1)I=C. The minimum absolute atomic E-state index is 0.0383. The van der Waals surface area contributed by atoms with Gasteiger partial charge in [0.05, 0.1) is 25.5 Å². The summed E-state index contributed by atoms with van der Waals surface area (Å²) in [6.45, 7) is 4.65. The number of aliphatic hydroxyl groups excluding tert-OH is 1. The maximum atomic E-state index is 10.7. The minimum atomic E-state index is -1.07. The number of hydrogen-bond acceptors (Lipinski definition) is 8. The van der Waals surface area contributed by atoms with Crippen molar-refractivity contribution in [2.75, 3.05) is 31.3 Å². The summed E-state index contributed by atoms with van der Waals surface area (Å²) in [4.78, 5) is 2.36. The van der Waals surface area contributed by atoms with Crippen LogP contribution in [0.15, 0.2) is 48.7 Å². The summed E-state index contributed by atoms with van der Waals surface area (Å²) in [6, 6.07) is 14.4. The average Bonchev–Trinajstić information content (AvgIpc) is 3.52. The lowest BCUT2D eigenvalue weighted by Gasteiger charge is -2.39. The van der Waals surface area contributed by atoms with Gasteiger partial charge in [-0.1, -0.05) is 71.7 Å². The molecule has 8 nitrogen and oxygen atoms in total. The Hall–Kier alpha value is -0.380. The van der Waals surface area contributed by atoms with E-state index in [9.17, 15) is 10.2 Å². The van der Waals surface area contributed by atoms with E-state index < -0.39 is 5.60 Å². The largest absolute Gasteiger partial charge is 0.492 e. The molecule has 2 aliphatic heterocycles. The molecule has 42 heavy (non-hydrogen) atoms. The van der Waals surface area contributed by atoms with Crippen LogP contribution >= 0.6 is 82.9 Å². The van der Waals surface area contributed by atoms with Crippen LogP contribution in [0.1, 0.15) is 30.9 Å². The van der Waals surface area contributed by atoms with Crippen LogP contribution in [0.25, 0.3) is 5.70 Å². The van der Waals surface area contributed by atoms with Gasteiger partial charge in [-0.15, -0.1) is 47.0 Å². The van der Waals surface area contributed by atoms with Crippen molar-refractivity contribution >= 4 is 112 Å². The van der Waals surface area contributed by atoms with Gasteiger partial charge in [-0.2, -0.15) is 0 Å². The highest BCUT2D eigenvalue weighted by Gasteiger charge is 2.35. The van der Waals surface area contributed by atoms with Crippen LogP contribution in [0.3, 0.4) is 0 Å². The van der Waals surface area contributed by atoms with Crippen LogP contribution in [-0.2, 0) is 6.54 Å². The molecule has 2 heterocycles. The molecule has 4 N–H and O–H groups in total. The molecule has 0 aromatic heterocycles. The summed E-state index contributed by atoms with van der Waals surface area (Å²) in [6.07, 6.45) is 3.95. The lowest BCUT2D eigenvalue weighted by molar-refractivity contribution is -0.0697. The molecule has 2 aliphatic rings. The van der Waals surface area contributed by atoms with Crippen molar-refractivity contribution in [3.63, 3.8) is 0 Å². The highest BCUT2D eigenvalue weighted by molar-refractivity contribution is 14.3. The Bertz CT molecular complexity index is 1270. The van der Waals surface area contributed by atoms with Crippen molar-refractivity contribution in [3.8, 4) is 11.5 Å². The van der Waals surface area contributed by atoms with E-state index in [4.69, 9.17) is 9.47 Å². The zero-order chi connectivity index (χ0) is 30.1. The molecule has 0 radical (unpaired) electrons. The van der Waals surface area contributed by atoms with E-state index in [0.717, 1.165) is 73.1 Å². The van der Waals surface area contributed by atoms with E-state index in [1.54, 1.807) is 6.92 Å².